The normalized spacial score (nSPS) is 11.3. The lowest BCUT2D eigenvalue weighted by molar-refractivity contribution is 0.0714. The summed E-state index contributed by atoms with van der Waals surface area (Å²) in [4.78, 5) is 16.2. The minimum Gasteiger partial charge on any atom is -0.477 e. The number of carbonyl (C=O) groups excluding carboxylic acids is 1. The van der Waals surface area contributed by atoms with Gasteiger partial charge < -0.3 is 9.47 Å². The number of hydrogen-bond acceptors (Lipinski definition) is 4. The molecule has 0 atom stereocenters. The fraction of sp³-hybridized carbons (Fsp3) is 0.375. The molecule has 0 spiro atoms. The van der Waals surface area contributed by atoms with Crippen molar-refractivity contribution in [3.63, 3.8) is 0 Å². The summed E-state index contributed by atoms with van der Waals surface area (Å²) in [5.74, 6) is 0.0551. The van der Waals surface area contributed by atoms with Crippen molar-refractivity contribution in [3.05, 3.63) is 42.1 Å². The second kappa shape index (κ2) is 6.78. The molecular formula is C16H22N2O3Si. The van der Waals surface area contributed by atoms with Crippen LogP contribution in [0.4, 0.5) is 0 Å². The van der Waals surface area contributed by atoms with Crippen LogP contribution in [0, 0.1) is 0 Å². The Kier molecular flexibility index (Phi) is 5.02. The van der Waals surface area contributed by atoms with Crippen LogP contribution in [0.3, 0.4) is 0 Å². The SMILES string of the molecule is Cn1cc(OCC[Si](C)(C)C)nc1OC(=O)c1ccccc1. The Morgan fingerprint density at radius 3 is 2.55 bits per heavy atom. The second-order valence-electron chi connectivity index (χ2n) is 6.39. The maximum atomic E-state index is 12.0. The molecule has 0 saturated heterocycles. The third kappa shape index (κ3) is 4.73. The minimum atomic E-state index is -1.13. The van der Waals surface area contributed by atoms with Crippen molar-refractivity contribution >= 4 is 14.0 Å². The van der Waals surface area contributed by atoms with Crippen molar-refractivity contribution in [2.45, 2.75) is 25.7 Å². The molecule has 0 saturated carbocycles. The first-order valence-corrected chi connectivity index (χ1v) is 11.0. The van der Waals surface area contributed by atoms with Crippen molar-refractivity contribution in [1.29, 1.82) is 0 Å². The number of benzene rings is 1. The number of ether oxygens (including phenoxy) is 2. The number of nitrogens with zero attached hydrogens (tertiary/aromatic N) is 2. The second-order valence-corrected chi connectivity index (χ2v) is 12.0. The number of carbonyl (C=O) groups is 1. The molecule has 1 aromatic carbocycles. The highest BCUT2D eigenvalue weighted by Gasteiger charge is 2.16. The Hall–Kier alpha value is -2.08. The molecule has 1 heterocycles. The van der Waals surface area contributed by atoms with E-state index in [-0.39, 0.29) is 6.01 Å². The molecule has 2 rings (SSSR count). The quantitative estimate of drug-likeness (QED) is 0.605. The lowest BCUT2D eigenvalue weighted by Crippen LogP contribution is -2.22. The lowest BCUT2D eigenvalue weighted by Gasteiger charge is -2.14. The average Bonchev–Trinajstić information content (AvgIpc) is 2.78. The van der Waals surface area contributed by atoms with E-state index in [2.05, 4.69) is 24.6 Å². The highest BCUT2D eigenvalue weighted by atomic mass is 28.3. The molecule has 0 bridgehead atoms. The standard InChI is InChI=1S/C16H22N2O3Si/c1-18-12-14(20-10-11-22(2,3)4)17-16(18)21-15(19)13-8-6-5-7-9-13/h5-9,12H,10-11H2,1-4H3. The maximum Gasteiger partial charge on any atom is 0.345 e. The number of imidazole rings is 1. The highest BCUT2D eigenvalue weighted by molar-refractivity contribution is 6.76. The summed E-state index contributed by atoms with van der Waals surface area (Å²) in [6.45, 7) is 7.52. The fourth-order valence-electron chi connectivity index (χ4n) is 1.77. The van der Waals surface area contributed by atoms with Gasteiger partial charge in [-0.25, -0.2) is 4.79 Å². The molecule has 118 valence electrons. The summed E-state index contributed by atoms with van der Waals surface area (Å²) in [6.07, 6.45) is 1.72. The predicted octanol–water partition coefficient (Wildman–Crippen LogP) is 3.36. The monoisotopic (exact) mass is 318 g/mol. The van der Waals surface area contributed by atoms with E-state index in [4.69, 9.17) is 9.47 Å². The summed E-state index contributed by atoms with van der Waals surface area (Å²) in [6, 6.07) is 10.1. The average molecular weight is 318 g/mol. The van der Waals surface area contributed by atoms with Gasteiger partial charge in [-0.05, 0) is 18.2 Å². The topological polar surface area (TPSA) is 53.4 Å². The van der Waals surface area contributed by atoms with Gasteiger partial charge in [0.1, 0.15) is 0 Å². The molecule has 0 N–H and O–H groups in total. The van der Waals surface area contributed by atoms with Crippen molar-refractivity contribution < 1.29 is 14.3 Å². The van der Waals surface area contributed by atoms with Crippen LogP contribution in [-0.4, -0.2) is 30.2 Å². The molecular weight excluding hydrogens is 296 g/mol. The van der Waals surface area contributed by atoms with Gasteiger partial charge in [0.15, 0.2) is 0 Å². The zero-order chi connectivity index (χ0) is 16.2. The molecule has 2 aromatic rings. The zero-order valence-corrected chi connectivity index (χ0v) is 14.5. The Morgan fingerprint density at radius 2 is 1.91 bits per heavy atom. The summed E-state index contributed by atoms with van der Waals surface area (Å²) < 4.78 is 12.6. The number of aryl methyl sites for hydroxylation is 1. The van der Waals surface area contributed by atoms with E-state index >= 15 is 0 Å². The van der Waals surface area contributed by atoms with Gasteiger partial charge >= 0.3 is 12.0 Å². The van der Waals surface area contributed by atoms with Gasteiger partial charge in [0.25, 0.3) is 0 Å². The van der Waals surface area contributed by atoms with Gasteiger partial charge in [-0.1, -0.05) is 37.8 Å². The van der Waals surface area contributed by atoms with Crippen LogP contribution in [0.25, 0.3) is 0 Å². The maximum absolute atomic E-state index is 12.0. The first kappa shape index (κ1) is 16.3. The number of esters is 1. The van der Waals surface area contributed by atoms with Gasteiger partial charge in [0.2, 0.25) is 5.88 Å². The van der Waals surface area contributed by atoms with Crippen molar-refractivity contribution in [2.24, 2.45) is 7.05 Å². The van der Waals surface area contributed by atoms with Crippen LogP contribution < -0.4 is 9.47 Å². The van der Waals surface area contributed by atoms with Crippen molar-refractivity contribution in [1.82, 2.24) is 9.55 Å². The zero-order valence-electron chi connectivity index (χ0n) is 13.5. The molecule has 0 aliphatic heterocycles. The Labute approximate surface area is 131 Å². The first-order chi connectivity index (χ1) is 10.3. The summed E-state index contributed by atoms with van der Waals surface area (Å²) >= 11 is 0. The molecule has 22 heavy (non-hydrogen) atoms. The van der Waals surface area contributed by atoms with Crippen LogP contribution >= 0.6 is 0 Å². The highest BCUT2D eigenvalue weighted by Crippen LogP contribution is 2.18. The van der Waals surface area contributed by atoms with Gasteiger partial charge in [-0.15, -0.1) is 0 Å². The van der Waals surface area contributed by atoms with E-state index in [0.29, 0.717) is 18.1 Å². The molecule has 0 unspecified atom stereocenters. The molecule has 0 amide bonds. The van der Waals surface area contributed by atoms with Gasteiger partial charge in [0, 0.05) is 15.1 Å². The molecule has 0 aliphatic carbocycles. The lowest BCUT2D eigenvalue weighted by atomic mass is 10.2. The third-order valence-corrected chi connectivity index (χ3v) is 4.81. The predicted molar refractivity (Wildman–Crippen MR) is 88.3 cm³/mol. The third-order valence-electron chi connectivity index (χ3n) is 3.11. The van der Waals surface area contributed by atoms with E-state index in [9.17, 15) is 4.79 Å². The molecule has 6 heteroatoms. The molecule has 0 radical (unpaired) electrons. The van der Waals surface area contributed by atoms with Gasteiger partial charge in [0.05, 0.1) is 18.4 Å². The Morgan fingerprint density at radius 1 is 1.23 bits per heavy atom. The van der Waals surface area contributed by atoms with Crippen molar-refractivity contribution in [3.8, 4) is 11.9 Å². The minimum absolute atomic E-state index is 0.233. The first-order valence-electron chi connectivity index (χ1n) is 7.28. The molecule has 1 aromatic heterocycles. The molecule has 5 nitrogen and oxygen atoms in total. The van der Waals surface area contributed by atoms with Crippen LogP contribution in [0.1, 0.15) is 10.4 Å². The van der Waals surface area contributed by atoms with Crippen molar-refractivity contribution in [2.75, 3.05) is 6.61 Å². The number of hydrogen-bond donors (Lipinski definition) is 0. The van der Waals surface area contributed by atoms with E-state index < -0.39 is 14.0 Å². The Bertz CT molecular complexity index is 633. The van der Waals surface area contributed by atoms with E-state index in [0.717, 1.165) is 6.04 Å². The summed E-state index contributed by atoms with van der Waals surface area (Å²) in [5.41, 5.74) is 0.492. The van der Waals surface area contributed by atoms with Crippen LogP contribution in [0.2, 0.25) is 25.7 Å². The number of aromatic nitrogens is 2. The smallest absolute Gasteiger partial charge is 0.345 e. The van der Waals surface area contributed by atoms with E-state index in [1.807, 2.05) is 6.07 Å². The Balaban J connectivity index is 1.97. The van der Waals surface area contributed by atoms with E-state index in [1.54, 1.807) is 42.1 Å². The van der Waals surface area contributed by atoms with Gasteiger partial charge in [-0.3, -0.25) is 4.57 Å². The largest absolute Gasteiger partial charge is 0.477 e. The summed E-state index contributed by atoms with van der Waals surface area (Å²) in [7, 11) is 0.637. The van der Waals surface area contributed by atoms with Crippen LogP contribution in [-0.2, 0) is 7.05 Å². The van der Waals surface area contributed by atoms with Crippen LogP contribution in [0.15, 0.2) is 36.5 Å². The van der Waals surface area contributed by atoms with Gasteiger partial charge in [-0.2, -0.15) is 4.98 Å². The fourth-order valence-corrected chi connectivity index (χ4v) is 2.48. The van der Waals surface area contributed by atoms with E-state index in [1.165, 1.54) is 0 Å². The molecule has 0 fully saturated rings. The molecule has 0 aliphatic rings. The summed E-state index contributed by atoms with van der Waals surface area (Å²) in [5, 5.41) is 0. The van der Waals surface area contributed by atoms with Crippen LogP contribution in [0.5, 0.6) is 11.9 Å². The number of rotatable bonds is 6.